The minimum atomic E-state index is -1.07. The van der Waals surface area contributed by atoms with E-state index in [4.69, 9.17) is 9.47 Å². The molecule has 0 aromatic rings. The van der Waals surface area contributed by atoms with Crippen molar-refractivity contribution in [3.05, 3.63) is 48.6 Å². The fourth-order valence-corrected chi connectivity index (χ4v) is 3.46. The topological polar surface area (TPSA) is 113 Å². The van der Waals surface area contributed by atoms with Gasteiger partial charge in [-0.2, -0.15) is 0 Å². The number of esters is 2. The van der Waals surface area contributed by atoms with Crippen molar-refractivity contribution in [3.63, 3.8) is 0 Å². The van der Waals surface area contributed by atoms with Gasteiger partial charge in [-0.15, -0.1) is 0 Å². The molecule has 0 radical (unpaired) electrons. The van der Waals surface area contributed by atoms with Crippen molar-refractivity contribution in [1.82, 2.24) is 0 Å². The number of aliphatic hydroxyl groups excluding tert-OH is 3. The van der Waals surface area contributed by atoms with Crippen molar-refractivity contribution in [2.45, 2.75) is 122 Å². The number of ether oxygens (including phenoxy) is 2. The third kappa shape index (κ3) is 24.1. The molecule has 7 heteroatoms. The van der Waals surface area contributed by atoms with Crippen LogP contribution in [0.5, 0.6) is 0 Å². The lowest BCUT2D eigenvalue weighted by Gasteiger charge is -2.16. The van der Waals surface area contributed by atoms with E-state index in [-0.39, 0.29) is 32.0 Å². The normalized spacial score (nSPS) is 14.6. The quantitative estimate of drug-likeness (QED) is 0.0802. The molecule has 3 N–H and O–H groups in total. The molecule has 218 valence electrons. The molecule has 0 unspecified atom stereocenters. The molecule has 0 spiro atoms. The van der Waals surface area contributed by atoms with Crippen LogP contribution in [0.3, 0.4) is 0 Å². The predicted molar refractivity (Wildman–Crippen MR) is 152 cm³/mol. The molecule has 0 aliphatic heterocycles. The number of allylic oxidation sites excluding steroid dienone is 7. The average Bonchev–Trinajstić information content (AvgIpc) is 2.91. The number of hydrogen-bond donors (Lipinski definition) is 3. The molecule has 0 saturated carbocycles. The molecule has 3 atom stereocenters. The molecule has 0 aromatic carbocycles. The second-order valence-electron chi connectivity index (χ2n) is 9.45. The summed E-state index contributed by atoms with van der Waals surface area (Å²) in [7, 11) is 0. The summed E-state index contributed by atoms with van der Waals surface area (Å²) in [6.07, 6.45) is 23.8. The maximum Gasteiger partial charge on any atom is 0.305 e. The van der Waals surface area contributed by atoms with E-state index in [1.807, 2.05) is 12.2 Å². The standard InChI is InChI=1S/C31H52O7/c1-3-5-7-9-10-11-12-13-14-15-17-18-21-28(33)29(34)22-20-24-31(36)38-26-27(32)25-37-30(35)23-19-16-8-6-4-2/h5,7,10-11,13-14,17-18,27-29,32-34H,3-4,6,8-9,12,15-16,19-26H2,1-2H3/b7-5-,11-10-,14-13-,18-17-/t27-,28+,29+/m1/s1. The lowest BCUT2D eigenvalue weighted by molar-refractivity contribution is -0.152. The lowest BCUT2D eigenvalue weighted by atomic mass is 10.0. The van der Waals surface area contributed by atoms with Crippen LogP contribution in [0.1, 0.15) is 104 Å². The number of carbonyl (C=O) groups is 2. The highest BCUT2D eigenvalue weighted by Crippen LogP contribution is 2.10. The fraction of sp³-hybridized carbons (Fsp3) is 0.677. The van der Waals surface area contributed by atoms with Gasteiger partial charge in [-0.3, -0.25) is 9.59 Å². The summed E-state index contributed by atoms with van der Waals surface area (Å²) in [6, 6.07) is 0. The van der Waals surface area contributed by atoms with Crippen molar-refractivity contribution in [2.75, 3.05) is 13.2 Å². The first-order chi connectivity index (χ1) is 18.4. The molecule has 0 heterocycles. The molecular weight excluding hydrogens is 484 g/mol. The summed E-state index contributed by atoms with van der Waals surface area (Å²) in [5, 5.41) is 30.0. The van der Waals surface area contributed by atoms with Gasteiger partial charge in [0, 0.05) is 12.8 Å². The predicted octanol–water partition coefficient (Wildman–Crippen LogP) is 5.88. The molecule has 0 amide bonds. The van der Waals surface area contributed by atoms with E-state index in [9.17, 15) is 24.9 Å². The first-order valence-corrected chi connectivity index (χ1v) is 14.4. The fourth-order valence-electron chi connectivity index (χ4n) is 3.46. The van der Waals surface area contributed by atoms with Crippen molar-refractivity contribution in [2.24, 2.45) is 0 Å². The van der Waals surface area contributed by atoms with E-state index < -0.39 is 24.3 Å². The highest BCUT2D eigenvalue weighted by atomic mass is 16.6. The van der Waals surface area contributed by atoms with Crippen LogP contribution >= 0.6 is 0 Å². The SMILES string of the molecule is CC/C=C\C/C=C\C/C=C\C/C=C\C[C@H](O)[C@@H](O)CCCC(=O)OC[C@H](O)COC(=O)CCCCCCC. The van der Waals surface area contributed by atoms with Gasteiger partial charge in [-0.05, 0) is 51.4 Å². The third-order valence-corrected chi connectivity index (χ3v) is 5.78. The number of rotatable bonds is 24. The number of carbonyl (C=O) groups excluding carboxylic acids is 2. The summed E-state index contributed by atoms with van der Waals surface area (Å²) in [5.41, 5.74) is 0. The Hall–Kier alpha value is -2.22. The minimum absolute atomic E-state index is 0.0675. The van der Waals surface area contributed by atoms with Crippen LogP contribution in [0.2, 0.25) is 0 Å². The van der Waals surface area contributed by atoms with Gasteiger partial charge >= 0.3 is 11.9 Å². The molecule has 0 aliphatic carbocycles. The van der Waals surface area contributed by atoms with E-state index >= 15 is 0 Å². The summed E-state index contributed by atoms with van der Waals surface area (Å²) < 4.78 is 10.0. The Bertz CT molecular complexity index is 696. The Morgan fingerprint density at radius 3 is 1.68 bits per heavy atom. The maximum atomic E-state index is 11.9. The Labute approximate surface area is 230 Å². The monoisotopic (exact) mass is 536 g/mol. The summed E-state index contributed by atoms with van der Waals surface area (Å²) in [5.74, 6) is -0.864. The maximum absolute atomic E-state index is 11.9. The third-order valence-electron chi connectivity index (χ3n) is 5.78. The van der Waals surface area contributed by atoms with Gasteiger partial charge < -0.3 is 24.8 Å². The Kier molecular flexibility index (Phi) is 24.8. The van der Waals surface area contributed by atoms with Gasteiger partial charge in [0.05, 0.1) is 12.2 Å². The lowest BCUT2D eigenvalue weighted by Crippen LogP contribution is -2.26. The summed E-state index contributed by atoms with van der Waals surface area (Å²) in [4.78, 5) is 23.5. The molecule has 0 fully saturated rings. The van der Waals surface area contributed by atoms with Crippen LogP contribution < -0.4 is 0 Å². The zero-order valence-electron chi connectivity index (χ0n) is 23.6. The van der Waals surface area contributed by atoms with Crippen LogP contribution in [0.25, 0.3) is 0 Å². The van der Waals surface area contributed by atoms with E-state index in [1.54, 1.807) is 0 Å². The number of hydrogen-bond acceptors (Lipinski definition) is 7. The average molecular weight is 537 g/mol. The Balaban J connectivity index is 3.83. The van der Waals surface area contributed by atoms with Gasteiger partial charge in [0.25, 0.3) is 0 Å². The second-order valence-corrected chi connectivity index (χ2v) is 9.45. The first-order valence-electron chi connectivity index (χ1n) is 14.4. The van der Waals surface area contributed by atoms with Gasteiger partial charge in [0.15, 0.2) is 0 Å². The highest BCUT2D eigenvalue weighted by Gasteiger charge is 2.16. The van der Waals surface area contributed by atoms with Gasteiger partial charge in [-0.1, -0.05) is 88.1 Å². The molecular formula is C31H52O7. The van der Waals surface area contributed by atoms with Crippen molar-refractivity contribution in [1.29, 1.82) is 0 Å². The zero-order chi connectivity index (χ0) is 28.3. The van der Waals surface area contributed by atoms with Crippen LogP contribution in [0.15, 0.2) is 48.6 Å². The van der Waals surface area contributed by atoms with Crippen LogP contribution in [-0.2, 0) is 19.1 Å². The molecule has 0 bridgehead atoms. The van der Waals surface area contributed by atoms with E-state index in [0.29, 0.717) is 19.3 Å². The molecule has 0 saturated heterocycles. The van der Waals surface area contributed by atoms with E-state index in [0.717, 1.165) is 57.8 Å². The van der Waals surface area contributed by atoms with Crippen molar-refractivity contribution >= 4 is 11.9 Å². The van der Waals surface area contributed by atoms with Crippen molar-refractivity contribution in [3.8, 4) is 0 Å². The molecule has 38 heavy (non-hydrogen) atoms. The van der Waals surface area contributed by atoms with Gasteiger partial charge in [0.2, 0.25) is 0 Å². The van der Waals surface area contributed by atoms with Gasteiger partial charge in [0.1, 0.15) is 19.3 Å². The van der Waals surface area contributed by atoms with Crippen LogP contribution in [0, 0.1) is 0 Å². The second kappa shape index (κ2) is 26.4. The highest BCUT2D eigenvalue weighted by molar-refractivity contribution is 5.69. The first kappa shape index (κ1) is 35.8. The molecule has 0 rings (SSSR count). The van der Waals surface area contributed by atoms with Crippen LogP contribution in [0.4, 0.5) is 0 Å². The zero-order valence-corrected chi connectivity index (χ0v) is 23.6. The molecule has 7 nitrogen and oxygen atoms in total. The summed E-state index contributed by atoms with van der Waals surface area (Å²) >= 11 is 0. The Morgan fingerprint density at radius 2 is 1.13 bits per heavy atom. The molecule has 0 aliphatic rings. The minimum Gasteiger partial charge on any atom is -0.463 e. The van der Waals surface area contributed by atoms with Gasteiger partial charge in [-0.25, -0.2) is 0 Å². The van der Waals surface area contributed by atoms with Crippen molar-refractivity contribution < 1.29 is 34.4 Å². The van der Waals surface area contributed by atoms with E-state index in [1.165, 1.54) is 0 Å². The Morgan fingerprint density at radius 1 is 0.632 bits per heavy atom. The number of aliphatic hydroxyl groups is 3. The van der Waals surface area contributed by atoms with E-state index in [2.05, 4.69) is 50.3 Å². The van der Waals surface area contributed by atoms with Crippen LogP contribution in [-0.4, -0.2) is 58.8 Å². The smallest absolute Gasteiger partial charge is 0.305 e. The number of unbranched alkanes of at least 4 members (excludes halogenated alkanes) is 4. The largest absolute Gasteiger partial charge is 0.463 e. The molecule has 0 aromatic heterocycles. The summed E-state index contributed by atoms with van der Waals surface area (Å²) in [6.45, 7) is 3.79.